The zero-order chi connectivity index (χ0) is 22.2. The minimum Gasteiger partial charge on any atom is -0.349 e. The summed E-state index contributed by atoms with van der Waals surface area (Å²) in [7, 11) is 3.89. The molecule has 0 spiro atoms. The molecule has 5 nitrogen and oxygen atoms in total. The molecule has 0 fully saturated rings. The standard InChI is InChI=1S/C23H26F2N4OS/c1-28(2)12-11-26-23(30)21-16-31-22(27-21)15-29(13-17-7-9-19(24)10-8-17)14-18-5-3-4-6-20(18)25/h3-10,16H,11-15H2,1-2H3,(H,26,30). The molecule has 2 aromatic carbocycles. The first kappa shape index (κ1) is 23.0. The van der Waals surface area contributed by atoms with Gasteiger partial charge in [0.25, 0.3) is 5.91 Å². The normalized spacial score (nSPS) is 11.3. The van der Waals surface area contributed by atoms with E-state index in [2.05, 4.69) is 10.3 Å². The van der Waals surface area contributed by atoms with Gasteiger partial charge in [0.15, 0.2) is 0 Å². The van der Waals surface area contributed by atoms with Crippen molar-refractivity contribution in [3.8, 4) is 0 Å². The Kier molecular flexibility index (Phi) is 8.22. The number of rotatable bonds is 10. The van der Waals surface area contributed by atoms with E-state index in [4.69, 9.17) is 0 Å². The second kappa shape index (κ2) is 11.1. The van der Waals surface area contributed by atoms with Gasteiger partial charge < -0.3 is 10.2 Å². The smallest absolute Gasteiger partial charge is 0.270 e. The number of carbonyl (C=O) groups excluding carboxylic acids is 1. The highest BCUT2D eigenvalue weighted by Crippen LogP contribution is 2.19. The predicted octanol–water partition coefficient (Wildman–Crippen LogP) is 3.92. The Morgan fingerprint density at radius 1 is 1.03 bits per heavy atom. The average molecular weight is 445 g/mol. The number of amides is 1. The Balaban J connectivity index is 1.70. The number of hydrogen-bond donors (Lipinski definition) is 1. The fourth-order valence-corrected chi connectivity index (χ4v) is 3.86. The van der Waals surface area contributed by atoms with E-state index in [-0.39, 0.29) is 17.5 Å². The zero-order valence-electron chi connectivity index (χ0n) is 17.6. The fourth-order valence-electron chi connectivity index (χ4n) is 3.05. The highest BCUT2D eigenvalue weighted by atomic mass is 32.1. The first-order chi connectivity index (χ1) is 14.9. The minimum atomic E-state index is -0.297. The van der Waals surface area contributed by atoms with E-state index in [1.165, 1.54) is 29.5 Å². The van der Waals surface area contributed by atoms with E-state index < -0.39 is 0 Å². The van der Waals surface area contributed by atoms with Crippen LogP contribution in [-0.4, -0.2) is 47.9 Å². The summed E-state index contributed by atoms with van der Waals surface area (Å²) in [4.78, 5) is 20.8. The van der Waals surface area contributed by atoms with Crippen molar-refractivity contribution in [2.45, 2.75) is 19.6 Å². The molecule has 1 heterocycles. The molecule has 0 radical (unpaired) electrons. The van der Waals surface area contributed by atoms with Crippen LogP contribution in [0.1, 0.15) is 26.6 Å². The maximum atomic E-state index is 14.2. The maximum Gasteiger partial charge on any atom is 0.270 e. The molecule has 1 N–H and O–H groups in total. The van der Waals surface area contributed by atoms with E-state index in [1.54, 1.807) is 35.7 Å². The van der Waals surface area contributed by atoms with Crippen LogP contribution in [0.15, 0.2) is 53.9 Å². The molecule has 3 rings (SSSR count). The van der Waals surface area contributed by atoms with Gasteiger partial charge in [-0.2, -0.15) is 0 Å². The van der Waals surface area contributed by atoms with Crippen molar-refractivity contribution in [3.05, 3.63) is 87.4 Å². The Labute approximate surface area is 185 Å². The number of carbonyl (C=O) groups is 1. The summed E-state index contributed by atoms with van der Waals surface area (Å²) in [6.07, 6.45) is 0. The molecule has 0 saturated carbocycles. The summed E-state index contributed by atoms with van der Waals surface area (Å²) in [5.74, 6) is -0.774. The van der Waals surface area contributed by atoms with Gasteiger partial charge >= 0.3 is 0 Å². The first-order valence-electron chi connectivity index (χ1n) is 9.98. The van der Waals surface area contributed by atoms with Gasteiger partial charge in [-0.1, -0.05) is 30.3 Å². The number of hydrogen-bond acceptors (Lipinski definition) is 5. The van der Waals surface area contributed by atoms with Crippen molar-refractivity contribution in [1.29, 1.82) is 0 Å². The summed E-state index contributed by atoms with van der Waals surface area (Å²) < 4.78 is 27.5. The van der Waals surface area contributed by atoms with Gasteiger partial charge in [0, 0.05) is 37.1 Å². The largest absolute Gasteiger partial charge is 0.349 e. The number of thiazole rings is 1. The molecule has 0 atom stereocenters. The molecule has 8 heteroatoms. The molecule has 31 heavy (non-hydrogen) atoms. The van der Waals surface area contributed by atoms with Crippen LogP contribution in [0.4, 0.5) is 8.78 Å². The van der Waals surface area contributed by atoms with Crippen LogP contribution in [0, 0.1) is 11.6 Å². The van der Waals surface area contributed by atoms with Crippen molar-refractivity contribution in [1.82, 2.24) is 20.1 Å². The van der Waals surface area contributed by atoms with Crippen LogP contribution in [0.25, 0.3) is 0 Å². The topological polar surface area (TPSA) is 48.5 Å². The number of nitrogens with one attached hydrogen (secondary N) is 1. The van der Waals surface area contributed by atoms with Crippen LogP contribution in [-0.2, 0) is 19.6 Å². The maximum absolute atomic E-state index is 14.2. The average Bonchev–Trinajstić information content (AvgIpc) is 3.19. The number of likely N-dealkylation sites (N-methyl/N-ethyl adjacent to an activating group) is 1. The van der Waals surface area contributed by atoms with Crippen LogP contribution in [0.2, 0.25) is 0 Å². The zero-order valence-corrected chi connectivity index (χ0v) is 18.5. The SMILES string of the molecule is CN(C)CCNC(=O)c1csc(CN(Cc2ccc(F)cc2)Cc2ccccc2F)n1. The highest BCUT2D eigenvalue weighted by Gasteiger charge is 2.15. The predicted molar refractivity (Wildman–Crippen MR) is 119 cm³/mol. The lowest BCUT2D eigenvalue weighted by Crippen LogP contribution is -2.31. The number of benzene rings is 2. The fraction of sp³-hybridized carbons (Fsp3) is 0.304. The van der Waals surface area contributed by atoms with Crippen molar-refractivity contribution in [2.75, 3.05) is 27.2 Å². The summed E-state index contributed by atoms with van der Waals surface area (Å²) >= 11 is 1.40. The third-order valence-electron chi connectivity index (χ3n) is 4.66. The number of halogens is 2. The van der Waals surface area contributed by atoms with Gasteiger partial charge in [0.1, 0.15) is 22.3 Å². The first-order valence-corrected chi connectivity index (χ1v) is 10.9. The van der Waals surface area contributed by atoms with Gasteiger partial charge in [-0.3, -0.25) is 9.69 Å². The molecule has 1 aromatic heterocycles. The molecule has 164 valence electrons. The lowest BCUT2D eigenvalue weighted by Gasteiger charge is -2.22. The molecule has 0 unspecified atom stereocenters. The van der Waals surface area contributed by atoms with Crippen molar-refractivity contribution < 1.29 is 13.6 Å². The summed E-state index contributed by atoms with van der Waals surface area (Å²) in [5.41, 5.74) is 1.87. The van der Waals surface area contributed by atoms with Crippen LogP contribution in [0.3, 0.4) is 0 Å². The minimum absolute atomic E-state index is 0.205. The molecule has 0 saturated heterocycles. The highest BCUT2D eigenvalue weighted by molar-refractivity contribution is 7.09. The second-order valence-corrected chi connectivity index (χ2v) is 8.49. The van der Waals surface area contributed by atoms with Crippen LogP contribution >= 0.6 is 11.3 Å². The van der Waals surface area contributed by atoms with Gasteiger partial charge in [0.2, 0.25) is 0 Å². The van der Waals surface area contributed by atoms with E-state index >= 15 is 0 Å². The van der Waals surface area contributed by atoms with E-state index in [1.807, 2.05) is 23.9 Å². The Bertz CT molecular complexity index is 991. The van der Waals surface area contributed by atoms with Gasteiger partial charge in [-0.05, 0) is 37.9 Å². The molecule has 0 aliphatic carbocycles. The van der Waals surface area contributed by atoms with Crippen LogP contribution in [0.5, 0.6) is 0 Å². The Hall–Kier alpha value is -2.68. The Morgan fingerprint density at radius 3 is 2.48 bits per heavy atom. The molecular formula is C23H26F2N4OS. The van der Waals surface area contributed by atoms with Gasteiger partial charge in [0.05, 0.1) is 6.54 Å². The lowest BCUT2D eigenvalue weighted by molar-refractivity contribution is 0.0946. The molecule has 0 bridgehead atoms. The third kappa shape index (κ3) is 7.20. The van der Waals surface area contributed by atoms with Crippen molar-refractivity contribution in [2.24, 2.45) is 0 Å². The molecule has 0 aliphatic rings. The second-order valence-electron chi connectivity index (χ2n) is 7.55. The summed E-state index contributed by atoms with van der Waals surface area (Å²) in [5, 5.41) is 5.35. The molecule has 0 aliphatic heterocycles. The molecular weight excluding hydrogens is 418 g/mol. The van der Waals surface area contributed by atoms with E-state index in [9.17, 15) is 13.6 Å². The Morgan fingerprint density at radius 2 is 1.77 bits per heavy atom. The van der Waals surface area contributed by atoms with Crippen molar-refractivity contribution >= 4 is 17.2 Å². The number of aromatic nitrogens is 1. The van der Waals surface area contributed by atoms with E-state index in [0.717, 1.165) is 17.1 Å². The molecule has 1 amide bonds. The molecule has 3 aromatic rings. The summed E-state index contributed by atoms with van der Waals surface area (Å²) in [6, 6.07) is 12.9. The van der Waals surface area contributed by atoms with E-state index in [0.29, 0.717) is 37.4 Å². The lowest BCUT2D eigenvalue weighted by atomic mass is 10.1. The van der Waals surface area contributed by atoms with Crippen LogP contribution < -0.4 is 5.32 Å². The van der Waals surface area contributed by atoms with Gasteiger partial charge in [-0.25, -0.2) is 13.8 Å². The summed E-state index contributed by atoms with van der Waals surface area (Å²) in [6.45, 7) is 2.60. The van der Waals surface area contributed by atoms with Gasteiger partial charge in [-0.15, -0.1) is 11.3 Å². The van der Waals surface area contributed by atoms with Crippen molar-refractivity contribution in [3.63, 3.8) is 0 Å². The number of nitrogens with zero attached hydrogens (tertiary/aromatic N) is 3. The third-order valence-corrected chi connectivity index (χ3v) is 5.49. The monoisotopic (exact) mass is 444 g/mol. The quantitative estimate of drug-likeness (QED) is 0.515.